The average molecular weight is 361 g/mol. The SMILES string of the molecule is Cc1cc(C(=O)Nc2cccc(OC3CCCC3)c2)nn1-c1ccccc1. The lowest BCUT2D eigenvalue weighted by Crippen LogP contribution is -2.14. The van der Waals surface area contributed by atoms with Crippen LogP contribution in [0.5, 0.6) is 5.75 Å². The molecule has 0 aliphatic heterocycles. The minimum atomic E-state index is -0.231. The molecule has 1 aromatic heterocycles. The Balaban J connectivity index is 1.48. The highest BCUT2D eigenvalue weighted by molar-refractivity contribution is 6.03. The molecule has 0 unspecified atom stereocenters. The lowest BCUT2D eigenvalue weighted by molar-refractivity contribution is 0.102. The van der Waals surface area contributed by atoms with Gasteiger partial charge in [0.05, 0.1) is 11.8 Å². The fraction of sp³-hybridized carbons (Fsp3) is 0.273. The van der Waals surface area contributed by atoms with Gasteiger partial charge in [-0.2, -0.15) is 5.10 Å². The highest BCUT2D eigenvalue weighted by Gasteiger charge is 2.17. The first kappa shape index (κ1) is 17.3. The van der Waals surface area contributed by atoms with Crippen molar-refractivity contribution >= 4 is 11.6 Å². The van der Waals surface area contributed by atoms with Gasteiger partial charge in [-0.1, -0.05) is 24.3 Å². The van der Waals surface area contributed by atoms with Gasteiger partial charge in [-0.3, -0.25) is 4.79 Å². The lowest BCUT2D eigenvalue weighted by atomic mass is 10.2. The quantitative estimate of drug-likeness (QED) is 0.713. The third kappa shape index (κ3) is 4.03. The van der Waals surface area contributed by atoms with Gasteiger partial charge in [-0.15, -0.1) is 0 Å². The number of aryl methyl sites for hydroxylation is 1. The van der Waals surface area contributed by atoms with Gasteiger partial charge in [0.15, 0.2) is 5.69 Å². The molecular formula is C22H23N3O2. The van der Waals surface area contributed by atoms with E-state index in [2.05, 4.69) is 10.4 Å². The fourth-order valence-corrected chi connectivity index (χ4v) is 3.46. The number of nitrogens with zero attached hydrogens (tertiary/aromatic N) is 2. The summed E-state index contributed by atoms with van der Waals surface area (Å²) in [6, 6.07) is 19.1. The van der Waals surface area contributed by atoms with E-state index in [1.165, 1.54) is 12.8 Å². The van der Waals surface area contributed by atoms with Crippen LogP contribution in [0.2, 0.25) is 0 Å². The Labute approximate surface area is 159 Å². The zero-order chi connectivity index (χ0) is 18.6. The maximum atomic E-state index is 12.6. The van der Waals surface area contributed by atoms with E-state index in [9.17, 15) is 4.79 Å². The van der Waals surface area contributed by atoms with Gasteiger partial charge in [0.1, 0.15) is 5.75 Å². The predicted octanol–water partition coefficient (Wildman–Crippen LogP) is 4.75. The number of benzene rings is 2. The Morgan fingerprint density at radius 2 is 1.85 bits per heavy atom. The number of hydrogen-bond donors (Lipinski definition) is 1. The second kappa shape index (κ2) is 7.66. The molecule has 3 aromatic rings. The summed E-state index contributed by atoms with van der Waals surface area (Å²) >= 11 is 0. The number of carbonyl (C=O) groups is 1. The van der Waals surface area contributed by atoms with Crippen molar-refractivity contribution in [1.29, 1.82) is 0 Å². The summed E-state index contributed by atoms with van der Waals surface area (Å²) in [4.78, 5) is 12.6. The summed E-state index contributed by atoms with van der Waals surface area (Å²) in [6.07, 6.45) is 4.95. The Hall–Kier alpha value is -3.08. The van der Waals surface area contributed by atoms with Crippen LogP contribution in [-0.2, 0) is 0 Å². The van der Waals surface area contributed by atoms with Crippen molar-refractivity contribution in [2.24, 2.45) is 0 Å². The number of amides is 1. The highest BCUT2D eigenvalue weighted by atomic mass is 16.5. The van der Waals surface area contributed by atoms with Crippen LogP contribution in [0.1, 0.15) is 41.9 Å². The number of nitrogens with one attached hydrogen (secondary N) is 1. The molecule has 0 saturated heterocycles. The summed E-state index contributed by atoms with van der Waals surface area (Å²) in [7, 11) is 0. The molecule has 0 spiro atoms. The van der Waals surface area contributed by atoms with E-state index < -0.39 is 0 Å². The Kier molecular flexibility index (Phi) is 4.92. The molecule has 0 radical (unpaired) electrons. The second-order valence-electron chi connectivity index (χ2n) is 6.92. The number of anilines is 1. The van der Waals surface area contributed by atoms with E-state index in [0.717, 1.165) is 30.0 Å². The molecule has 1 fully saturated rings. The van der Waals surface area contributed by atoms with E-state index in [1.54, 1.807) is 10.7 Å². The van der Waals surface area contributed by atoms with Gasteiger partial charge >= 0.3 is 0 Å². The number of carbonyl (C=O) groups excluding carboxylic acids is 1. The average Bonchev–Trinajstić information content (AvgIpc) is 3.32. The summed E-state index contributed by atoms with van der Waals surface area (Å²) < 4.78 is 7.79. The van der Waals surface area contributed by atoms with Gasteiger partial charge in [-0.25, -0.2) is 4.68 Å². The molecule has 5 heteroatoms. The molecule has 5 nitrogen and oxygen atoms in total. The third-order valence-electron chi connectivity index (χ3n) is 4.82. The Morgan fingerprint density at radius 3 is 2.63 bits per heavy atom. The molecule has 1 aliphatic rings. The van der Waals surface area contributed by atoms with Crippen LogP contribution < -0.4 is 10.1 Å². The first-order valence-corrected chi connectivity index (χ1v) is 9.39. The number of aromatic nitrogens is 2. The molecule has 1 amide bonds. The van der Waals surface area contributed by atoms with Crippen molar-refractivity contribution < 1.29 is 9.53 Å². The van der Waals surface area contributed by atoms with Crippen molar-refractivity contribution in [1.82, 2.24) is 9.78 Å². The molecule has 0 atom stereocenters. The van der Waals surface area contributed by atoms with Crippen LogP contribution in [0.3, 0.4) is 0 Å². The van der Waals surface area contributed by atoms with E-state index in [0.29, 0.717) is 17.5 Å². The van der Waals surface area contributed by atoms with Crippen LogP contribution in [0.25, 0.3) is 5.69 Å². The van der Waals surface area contributed by atoms with Gasteiger partial charge in [0, 0.05) is 17.4 Å². The maximum absolute atomic E-state index is 12.6. The van der Waals surface area contributed by atoms with E-state index in [4.69, 9.17) is 4.74 Å². The van der Waals surface area contributed by atoms with Crippen molar-refractivity contribution in [3.63, 3.8) is 0 Å². The molecule has 1 aliphatic carbocycles. The van der Waals surface area contributed by atoms with Gasteiger partial charge in [-0.05, 0) is 62.9 Å². The van der Waals surface area contributed by atoms with Crippen LogP contribution >= 0.6 is 0 Å². The van der Waals surface area contributed by atoms with Crippen molar-refractivity contribution in [2.45, 2.75) is 38.7 Å². The molecule has 1 N–H and O–H groups in total. The topological polar surface area (TPSA) is 56.1 Å². The second-order valence-corrected chi connectivity index (χ2v) is 6.92. The monoisotopic (exact) mass is 361 g/mol. The first-order chi connectivity index (χ1) is 13.2. The number of para-hydroxylation sites is 1. The van der Waals surface area contributed by atoms with Crippen LogP contribution in [0, 0.1) is 6.92 Å². The summed E-state index contributed by atoms with van der Waals surface area (Å²) in [5.74, 6) is 0.566. The largest absolute Gasteiger partial charge is 0.490 e. The van der Waals surface area contributed by atoms with Gasteiger partial charge in [0.25, 0.3) is 5.91 Å². The minimum absolute atomic E-state index is 0.231. The van der Waals surface area contributed by atoms with Crippen molar-refractivity contribution in [2.75, 3.05) is 5.32 Å². The van der Waals surface area contributed by atoms with Gasteiger partial charge < -0.3 is 10.1 Å². The first-order valence-electron chi connectivity index (χ1n) is 9.39. The molecule has 1 saturated carbocycles. The number of rotatable bonds is 5. The molecule has 1 heterocycles. The van der Waals surface area contributed by atoms with Crippen molar-refractivity contribution in [3.8, 4) is 11.4 Å². The summed E-state index contributed by atoms with van der Waals surface area (Å²) in [5.41, 5.74) is 2.94. The predicted molar refractivity (Wildman–Crippen MR) is 106 cm³/mol. The molecular weight excluding hydrogens is 338 g/mol. The molecule has 138 valence electrons. The molecule has 4 rings (SSSR count). The zero-order valence-corrected chi connectivity index (χ0v) is 15.4. The summed E-state index contributed by atoms with van der Waals surface area (Å²) in [6.45, 7) is 1.94. The Bertz CT molecular complexity index is 928. The van der Waals surface area contributed by atoms with E-state index in [-0.39, 0.29) is 5.91 Å². The van der Waals surface area contributed by atoms with Gasteiger partial charge in [0.2, 0.25) is 0 Å². The zero-order valence-electron chi connectivity index (χ0n) is 15.4. The van der Waals surface area contributed by atoms with E-state index in [1.807, 2.05) is 61.5 Å². The maximum Gasteiger partial charge on any atom is 0.276 e. The lowest BCUT2D eigenvalue weighted by Gasteiger charge is -2.14. The summed E-state index contributed by atoms with van der Waals surface area (Å²) in [5, 5.41) is 7.38. The normalized spacial score (nSPS) is 14.3. The molecule has 27 heavy (non-hydrogen) atoms. The fourth-order valence-electron chi connectivity index (χ4n) is 3.46. The molecule has 0 bridgehead atoms. The van der Waals surface area contributed by atoms with Crippen molar-refractivity contribution in [3.05, 3.63) is 72.1 Å². The highest BCUT2D eigenvalue weighted by Crippen LogP contribution is 2.26. The smallest absolute Gasteiger partial charge is 0.276 e. The molecule has 2 aromatic carbocycles. The Morgan fingerprint density at radius 1 is 1.07 bits per heavy atom. The third-order valence-corrected chi connectivity index (χ3v) is 4.82. The van der Waals surface area contributed by atoms with Crippen LogP contribution in [0.15, 0.2) is 60.7 Å². The standard InChI is InChI=1S/C22H23N3O2/c1-16-14-21(24-25(16)18-9-3-2-4-10-18)22(26)23-17-8-7-13-20(15-17)27-19-11-5-6-12-19/h2-4,7-10,13-15,19H,5-6,11-12H2,1H3,(H,23,26). The van der Waals surface area contributed by atoms with Crippen LogP contribution in [-0.4, -0.2) is 21.8 Å². The number of hydrogen-bond acceptors (Lipinski definition) is 3. The van der Waals surface area contributed by atoms with E-state index >= 15 is 0 Å². The number of ether oxygens (including phenoxy) is 1. The van der Waals surface area contributed by atoms with Crippen LogP contribution in [0.4, 0.5) is 5.69 Å². The minimum Gasteiger partial charge on any atom is -0.490 e.